The lowest BCUT2D eigenvalue weighted by atomic mass is 10.2. The highest BCUT2D eigenvalue weighted by Crippen LogP contribution is 2.18. The van der Waals surface area contributed by atoms with Gasteiger partial charge >= 0.3 is 0 Å². The molecule has 1 aromatic carbocycles. The molecule has 0 N–H and O–H groups in total. The minimum Gasteiger partial charge on any atom is -0.491 e. The minimum absolute atomic E-state index is 0.0196. The van der Waals surface area contributed by atoms with Crippen molar-refractivity contribution >= 4 is 5.91 Å². The van der Waals surface area contributed by atoms with Gasteiger partial charge in [-0.3, -0.25) is 9.69 Å². The molecule has 0 aliphatic carbocycles. The van der Waals surface area contributed by atoms with Crippen LogP contribution in [0.25, 0.3) is 0 Å². The van der Waals surface area contributed by atoms with Gasteiger partial charge in [-0.15, -0.1) is 0 Å². The number of rotatable bonds is 7. The first-order valence-corrected chi connectivity index (χ1v) is 8.53. The zero-order valence-corrected chi connectivity index (χ0v) is 14.4. The zero-order chi connectivity index (χ0) is 17.5. The van der Waals surface area contributed by atoms with Crippen molar-refractivity contribution in [2.75, 3.05) is 39.3 Å². The third-order valence-corrected chi connectivity index (χ3v) is 4.03. The van der Waals surface area contributed by atoms with E-state index in [9.17, 15) is 13.6 Å². The van der Waals surface area contributed by atoms with Crippen LogP contribution in [0.4, 0.5) is 8.78 Å². The maximum Gasteiger partial charge on any atom is 0.222 e. The Morgan fingerprint density at radius 2 is 1.92 bits per heavy atom. The molecule has 1 aliphatic heterocycles. The summed E-state index contributed by atoms with van der Waals surface area (Å²) in [7, 11) is 0. The highest BCUT2D eigenvalue weighted by Gasteiger charge is 2.21. The van der Waals surface area contributed by atoms with Gasteiger partial charge in [0, 0.05) is 45.2 Å². The van der Waals surface area contributed by atoms with Crippen LogP contribution in [0, 0.1) is 17.6 Å². The molecule has 0 spiro atoms. The zero-order valence-electron chi connectivity index (χ0n) is 14.4. The van der Waals surface area contributed by atoms with E-state index in [4.69, 9.17) is 4.74 Å². The van der Waals surface area contributed by atoms with Crippen molar-refractivity contribution in [3.8, 4) is 5.75 Å². The number of hydrogen-bond donors (Lipinski definition) is 0. The van der Waals surface area contributed by atoms with Crippen molar-refractivity contribution < 1.29 is 18.3 Å². The summed E-state index contributed by atoms with van der Waals surface area (Å²) in [6.07, 6.45) is 0.898. The van der Waals surface area contributed by atoms with Crippen LogP contribution in [0.15, 0.2) is 18.2 Å². The van der Waals surface area contributed by atoms with E-state index < -0.39 is 11.6 Å². The first-order valence-electron chi connectivity index (χ1n) is 8.53. The molecule has 0 aromatic heterocycles. The molecule has 134 valence electrons. The molecule has 6 heteroatoms. The van der Waals surface area contributed by atoms with Crippen LogP contribution in [0.3, 0.4) is 0 Å². The van der Waals surface area contributed by atoms with Crippen LogP contribution in [-0.4, -0.2) is 55.0 Å². The van der Waals surface area contributed by atoms with E-state index in [1.807, 2.05) is 4.90 Å². The van der Waals surface area contributed by atoms with Gasteiger partial charge in [0.15, 0.2) is 11.6 Å². The second kappa shape index (κ2) is 8.97. The minimum atomic E-state index is -0.720. The van der Waals surface area contributed by atoms with Gasteiger partial charge in [0.25, 0.3) is 0 Å². The Balaban J connectivity index is 1.65. The van der Waals surface area contributed by atoms with E-state index in [-0.39, 0.29) is 18.3 Å². The first-order chi connectivity index (χ1) is 11.5. The van der Waals surface area contributed by atoms with Crippen LogP contribution in [-0.2, 0) is 4.79 Å². The van der Waals surface area contributed by atoms with E-state index in [2.05, 4.69) is 18.7 Å². The second-order valence-electron chi connectivity index (χ2n) is 6.60. The predicted octanol–water partition coefficient (Wildman–Crippen LogP) is 2.92. The average molecular weight is 340 g/mol. The molecule has 1 aliphatic rings. The third kappa shape index (κ3) is 5.74. The molecule has 0 saturated carbocycles. The molecule has 2 rings (SSSR count). The van der Waals surface area contributed by atoms with Gasteiger partial charge < -0.3 is 9.64 Å². The van der Waals surface area contributed by atoms with Crippen molar-refractivity contribution in [3.63, 3.8) is 0 Å². The predicted molar refractivity (Wildman–Crippen MR) is 88.9 cm³/mol. The molecule has 1 amide bonds. The summed E-state index contributed by atoms with van der Waals surface area (Å²) in [5, 5.41) is 0. The summed E-state index contributed by atoms with van der Waals surface area (Å²) in [5.41, 5.74) is 0. The number of piperazine rings is 1. The Morgan fingerprint density at radius 3 is 2.54 bits per heavy atom. The molecule has 1 aromatic rings. The standard InChI is InChI=1S/C18H26F2N2O2/c1-14(2)13-21-7-9-22(10-8-21)18(23)4-3-11-24-17-6-5-15(19)12-16(17)20/h5-6,12,14H,3-4,7-11,13H2,1-2H3. The summed E-state index contributed by atoms with van der Waals surface area (Å²) >= 11 is 0. The van der Waals surface area contributed by atoms with Crippen molar-refractivity contribution in [2.24, 2.45) is 5.92 Å². The molecule has 0 bridgehead atoms. The largest absolute Gasteiger partial charge is 0.491 e. The monoisotopic (exact) mass is 340 g/mol. The lowest BCUT2D eigenvalue weighted by Gasteiger charge is -2.35. The van der Waals surface area contributed by atoms with Gasteiger partial charge in [0.2, 0.25) is 5.91 Å². The Hall–Kier alpha value is -1.69. The Bertz CT molecular complexity index is 544. The van der Waals surface area contributed by atoms with E-state index in [1.165, 1.54) is 6.07 Å². The van der Waals surface area contributed by atoms with Gasteiger partial charge in [0.05, 0.1) is 6.61 Å². The number of benzene rings is 1. The lowest BCUT2D eigenvalue weighted by molar-refractivity contribution is -0.133. The van der Waals surface area contributed by atoms with Crippen LogP contribution in [0.5, 0.6) is 5.75 Å². The molecule has 1 heterocycles. The maximum atomic E-state index is 13.4. The van der Waals surface area contributed by atoms with Crippen LogP contribution >= 0.6 is 0 Å². The van der Waals surface area contributed by atoms with Crippen molar-refractivity contribution in [1.82, 2.24) is 9.80 Å². The fraction of sp³-hybridized carbons (Fsp3) is 0.611. The van der Waals surface area contributed by atoms with Crippen LogP contribution in [0.2, 0.25) is 0 Å². The Kier molecular flexibility index (Phi) is 6.97. The van der Waals surface area contributed by atoms with E-state index >= 15 is 0 Å². The molecule has 4 nitrogen and oxygen atoms in total. The van der Waals surface area contributed by atoms with E-state index in [0.717, 1.165) is 44.9 Å². The maximum absolute atomic E-state index is 13.4. The van der Waals surface area contributed by atoms with Gasteiger partial charge in [-0.05, 0) is 24.5 Å². The smallest absolute Gasteiger partial charge is 0.222 e. The highest BCUT2D eigenvalue weighted by molar-refractivity contribution is 5.76. The molecular weight excluding hydrogens is 314 g/mol. The number of carbonyl (C=O) groups excluding carboxylic acids is 1. The average Bonchev–Trinajstić information content (AvgIpc) is 2.53. The number of halogens is 2. The Labute approximate surface area is 142 Å². The van der Waals surface area contributed by atoms with Crippen molar-refractivity contribution in [2.45, 2.75) is 26.7 Å². The summed E-state index contributed by atoms with van der Waals surface area (Å²) < 4.78 is 31.5. The summed E-state index contributed by atoms with van der Waals surface area (Å²) in [6.45, 7) is 9.06. The number of nitrogens with zero attached hydrogens (tertiary/aromatic N) is 2. The normalized spacial score (nSPS) is 15.8. The van der Waals surface area contributed by atoms with Gasteiger partial charge in [0.1, 0.15) is 5.82 Å². The first kappa shape index (κ1) is 18.6. The molecule has 1 saturated heterocycles. The van der Waals surface area contributed by atoms with Crippen LogP contribution < -0.4 is 4.74 Å². The molecule has 0 radical (unpaired) electrons. The number of amides is 1. The third-order valence-electron chi connectivity index (χ3n) is 4.03. The fourth-order valence-electron chi connectivity index (χ4n) is 2.85. The van der Waals surface area contributed by atoms with Crippen LogP contribution in [0.1, 0.15) is 26.7 Å². The highest BCUT2D eigenvalue weighted by atomic mass is 19.1. The number of hydrogen-bond acceptors (Lipinski definition) is 3. The lowest BCUT2D eigenvalue weighted by Crippen LogP contribution is -2.49. The molecule has 0 atom stereocenters. The van der Waals surface area contributed by atoms with Gasteiger partial charge in [-0.2, -0.15) is 0 Å². The topological polar surface area (TPSA) is 32.8 Å². The second-order valence-corrected chi connectivity index (χ2v) is 6.60. The quantitative estimate of drug-likeness (QED) is 0.716. The molecule has 24 heavy (non-hydrogen) atoms. The Morgan fingerprint density at radius 1 is 1.21 bits per heavy atom. The van der Waals surface area contributed by atoms with Crippen molar-refractivity contribution in [1.29, 1.82) is 0 Å². The fourth-order valence-corrected chi connectivity index (χ4v) is 2.85. The summed E-state index contributed by atoms with van der Waals surface area (Å²) in [5.74, 6) is -0.584. The summed E-state index contributed by atoms with van der Waals surface area (Å²) in [6, 6.07) is 3.21. The molecular formula is C18H26F2N2O2. The molecule has 1 fully saturated rings. The SMILES string of the molecule is CC(C)CN1CCN(C(=O)CCCOc2ccc(F)cc2F)CC1. The summed E-state index contributed by atoms with van der Waals surface area (Å²) in [4.78, 5) is 16.4. The number of ether oxygens (including phenoxy) is 1. The van der Waals surface area contributed by atoms with E-state index in [0.29, 0.717) is 18.8 Å². The van der Waals surface area contributed by atoms with Gasteiger partial charge in [-0.25, -0.2) is 8.78 Å². The molecule has 0 unspecified atom stereocenters. The number of carbonyl (C=O) groups is 1. The van der Waals surface area contributed by atoms with Gasteiger partial charge in [-0.1, -0.05) is 13.8 Å². The van der Waals surface area contributed by atoms with Crippen molar-refractivity contribution in [3.05, 3.63) is 29.8 Å². The van der Waals surface area contributed by atoms with E-state index in [1.54, 1.807) is 0 Å².